The van der Waals surface area contributed by atoms with Gasteiger partial charge in [0.05, 0.1) is 5.02 Å². The molecule has 0 bridgehead atoms. The van der Waals surface area contributed by atoms with Gasteiger partial charge in [0.15, 0.2) is 0 Å². The van der Waals surface area contributed by atoms with Gasteiger partial charge >= 0.3 is 0 Å². The maximum atomic E-state index is 13.0. The zero-order valence-electron chi connectivity index (χ0n) is 10.3. The van der Waals surface area contributed by atoms with E-state index < -0.39 is 0 Å². The van der Waals surface area contributed by atoms with Crippen molar-refractivity contribution in [2.45, 2.75) is 26.2 Å². The molecule has 1 aliphatic rings. The van der Waals surface area contributed by atoms with E-state index in [-0.39, 0.29) is 10.8 Å². The van der Waals surface area contributed by atoms with Gasteiger partial charge in [0, 0.05) is 0 Å². The molecule has 0 spiro atoms. The minimum Gasteiger partial charge on any atom is -0.316 e. The summed E-state index contributed by atoms with van der Waals surface area (Å²) < 4.78 is 13.0. The predicted molar refractivity (Wildman–Crippen MR) is 70.0 cm³/mol. The molecule has 3 heteroatoms. The fourth-order valence-electron chi connectivity index (χ4n) is 2.18. The lowest BCUT2D eigenvalue weighted by atomic mass is 10.1. The number of benzene rings is 1. The van der Waals surface area contributed by atoms with E-state index in [1.54, 1.807) is 6.07 Å². The first-order valence-corrected chi connectivity index (χ1v) is 6.61. The first kappa shape index (κ1) is 12.8. The van der Waals surface area contributed by atoms with Crippen molar-refractivity contribution in [1.29, 1.82) is 0 Å². The molecule has 1 aliphatic carbocycles. The Morgan fingerprint density at radius 2 is 2.24 bits per heavy atom. The monoisotopic (exact) mass is 255 g/mol. The maximum Gasteiger partial charge on any atom is 0.141 e. The molecule has 2 atom stereocenters. The third kappa shape index (κ3) is 3.43. The Balaban J connectivity index is 1.83. The molecule has 1 nitrogen and oxygen atoms in total. The van der Waals surface area contributed by atoms with Crippen LogP contribution in [0.2, 0.25) is 5.02 Å². The van der Waals surface area contributed by atoms with Gasteiger partial charge in [0.1, 0.15) is 5.82 Å². The van der Waals surface area contributed by atoms with Crippen molar-refractivity contribution >= 4 is 11.6 Å². The van der Waals surface area contributed by atoms with E-state index in [0.717, 1.165) is 13.1 Å². The lowest BCUT2D eigenvalue weighted by molar-refractivity contribution is 0.532. The van der Waals surface area contributed by atoms with Gasteiger partial charge in [0.2, 0.25) is 0 Å². The number of hydrogen-bond acceptors (Lipinski definition) is 1. The standard InChI is InChI=1S/C14H19ClFN/c1-9(2)7-17-8-11-5-12(11)10-3-4-14(16)13(15)6-10/h3-4,6,9,11-12,17H,5,7-8H2,1-2H3. The number of nitrogens with one attached hydrogen (secondary N) is 1. The lowest BCUT2D eigenvalue weighted by Gasteiger charge is -2.07. The van der Waals surface area contributed by atoms with Crippen LogP contribution in [0.25, 0.3) is 0 Å². The predicted octanol–water partition coefficient (Wildman–Crippen LogP) is 3.83. The van der Waals surface area contributed by atoms with E-state index >= 15 is 0 Å². The third-order valence-electron chi connectivity index (χ3n) is 3.25. The summed E-state index contributed by atoms with van der Waals surface area (Å²) in [6.07, 6.45) is 1.19. The Bertz CT molecular complexity index is 392. The summed E-state index contributed by atoms with van der Waals surface area (Å²) in [5, 5.41) is 3.70. The molecule has 1 saturated carbocycles. The highest BCUT2D eigenvalue weighted by Crippen LogP contribution is 2.47. The van der Waals surface area contributed by atoms with Crippen molar-refractivity contribution in [2.75, 3.05) is 13.1 Å². The van der Waals surface area contributed by atoms with Crippen LogP contribution >= 0.6 is 11.6 Å². The quantitative estimate of drug-likeness (QED) is 0.843. The number of hydrogen-bond donors (Lipinski definition) is 1. The van der Waals surface area contributed by atoms with Gasteiger partial charge in [-0.25, -0.2) is 4.39 Å². The summed E-state index contributed by atoms with van der Waals surface area (Å²) in [5.74, 6) is 1.61. The van der Waals surface area contributed by atoms with Crippen molar-refractivity contribution < 1.29 is 4.39 Å². The zero-order valence-corrected chi connectivity index (χ0v) is 11.1. The molecular formula is C14H19ClFN. The van der Waals surface area contributed by atoms with Gasteiger partial charge in [-0.3, -0.25) is 0 Å². The van der Waals surface area contributed by atoms with Crippen LogP contribution in [0.4, 0.5) is 4.39 Å². The summed E-state index contributed by atoms with van der Waals surface area (Å²) in [6.45, 7) is 6.53. The number of halogens is 2. The normalized spacial score (nSPS) is 23.1. The second kappa shape index (κ2) is 5.36. The van der Waals surface area contributed by atoms with Crippen LogP contribution in [-0.2, 0) is 0 Å². The second-order valence-electron chi connectivity index (χ2n) is 5.33. The van der Waals surface area contributed by atoms with Crippen LogP contribution < -0.4 is 5.32 Å². The highest BCUT2D eigenvalue weighted by atomic mass is 35.5. The zero-order chi connectivity index (χ0) is 12.4. The summed E-state index contributed by atoms with van der Waals surface area (Å²) in [4.78, 5) is 0. The molecule has 1 fully saturated rings. The van der Waals surface area contributed by atoms with Crippen LogP contribution in [0.15, 0.2) is 18.2 Å². The third-order valence-corrected chi connectivity index (χ3v) is 3.54. The maximum absolute atomic E-state index is 13.0. The minimum absolute atomic E-state index is 0.239. The van der Waals surface area contributed by atoms with Crippen LogP contribution in [0.3, 0.4) is 0 Å². The smallest absolute Gasteiger partial charge is 0.141 e. The summed E-state index contributed by atoms with van der Waals surface area (Å²) in [5.41, 5.74) is 1.17. The van der Waals surface area contributed by atoms with Crippen molar-refractivity contribution in [3.8, 4) is 0 Å². The van der Waals surface area contributed by atoms with E-state index in [2.05, 4.69) is 19.2 Å². The average molecular weight is 256 g/mol. The molecule has 1 aromatic rings. The first-order chi connectivity index (χ1) is 8.08. The molecule has 0 heterocycles. The van der Waals surface area contributed by atoms with Crippen LogP contribution in [-0.4, -0.2) is 13.1 Å². The molecule has 94 valence electrons. The molecule has 1 N–H and O–H groups in total. The Morgan fingerprint density at radius 3 is 2.88 bits per heavy atom. The van der Waals surface area contributed by atoms with Gasteiger partial charge in [-0.2, -0.15) is 0 Å². The molecule has 0 amide bonds. The van der Waals surface area contributed by atoms with E-state index in [1.807, 2.05) is 6.07 Å². The molecule has 0 radical (unpaired) electrons. The second-order valence-corrected chi connectivity index (χ2v) is 5.74. The lowest BCUT2D eigenvalue weighted by Crippen LogP contribution is -2.22. The van der Waals surface area contributed by atoms with E-state index in [0.29, 0.717) is 17.8 Å². The Kier molecular flexibility index (Phi) is 4.05. The van der Waals surface area contributed by atoms with E-state index in [1.165, 1.54) is 18.1 Å². The van der Waals surface area contributed by atoms with Gasteiger partial charge in [-0.1, -0.05) is 31.5 Å². The van der Waals surface area contributed by atoms with Gasteiger partial charge in [-0.15, -0.1) is 0 Å². The van der Waals surface area contributed by atoms with Crippen LogP contribution in [0.1, 0.15) is 31.7 Å². The molecule has 2 unspecified atom stereocenters. The highest BCUT2D eigenvalue weighted by molar-refractivity contribution is 6.30. The van der Waals surface area contributed by atoms with Gasteiger partial charge in [0.25, 0.3) is 0 Å². The Morgan fingerprint density at radius 1 is 1.47 bits per heavy atom. The average Bonchev–Trinajstić information content (AvgIpc) is 3.01. The van der Waals surface area contributed by atoms with Crippen molar-refractivity contribution in [3.05, 3.63) is 34.6 Å². The molecule has 0 saturated heterocycles. The number of rotatable bonds is 5. The fourth-order valence-corrected chi connectivity index (χ4v) is 2.37. The molecule has 2 rings (SSSR count). The summed E-state index contributed by atoms with van der Waals surface area (Å²) in [7, 11) is 0. The van der Waals surface area contributed by atoms with Crippen molar-refractivity contribution in [3.63, 3.8) is 0 Å². The van der Waals surface area contributed by atoms with E-state index in [9.17, 15) is 4.39 Å². The first-order valence-electron chi connectivity index (χ1n) is 6.23. The van der Waals surface area contributed by atoms with Crippen LogP contribution in [0, 0.1) is 17.7 Å². The summed E-state index contributed by atoms with van der Waals surface area (Å²) in [6, 6.07) is 5.09. The van der Waals surface area contributed by atoms with Crippen LogP contribution in [0.5, 0.6) is 0 Å². The SMILES string of the molecule is CC(C)CNCC1CC1c1ccc(F)c(Cl)c1. The van der Waals surface area contributed by atoms with E-state index in [4.69, 9.17) is 11.6 Å². The molecule has 1 aromatic carbocycles. The molecule has 0 aromatic heterocycles. The molecule has 17 heavy (non-hydrogen) atoms. The highest BCUT2D eigenvalue weighted by Gasteiger charge is 2.37. The largest absolute Gasteiger partial charge is 0.316 e. The fraction of sp³-hybridized carbons (Fsp3) is 0.571. The van der Waals surface area contributed by atoms with Crippen molar-refractivity contribution in [1.82, 2.24) is 5.32 Å². The molecular weight excluding hydrogens is 237 g/mol. The topological polar surface area (TPSA) is 12.0 Å². The van der Waals surface area contributed by atoms with Crippen molar-refractivity contribution in [2.24, 2.45) is 11.8 Å². The Labute approximate surface area is 107 Å². The Hall–Kier alpha value is -0.600. The van der Waals surface area contributed by atoms with Gasteiger partial charge < -0.3 is 5.32 Å². The minimum atomic E-state index is -0.328. The molecule has 0 aliphatic heterocycles. The van der Waals surface area contributed by atoms with Gasteiger partial charge in [-0.05, 0) is 55.0 Å². The summed E-state index contributed by atoms with van der Waals surface area (Å²) >= 11 is 5.79.